The molecule has 0 saturated carbocycles. The standard InChI is InChI=1S/C18H19N3O4/c1-12(2)17(13-7-5-4-6-8-13)19-20-18(22)15-11-14(21(23)24)9-10-16(15)25-3/h4-12H,1-3H3,(H,20,22)/b19-17-. The van der Waals surface area contributed by atoms with Crippen LogP contribution >= 0.6 is 0 Å². The smallest absolute Gasteiger partial charge is 0.275 e. The van der Waals surface area contributed by atoms with E-state index in [1.807, 2.05) is 44.2 Å². The van der Waals surface area contributed by atoms with E-state index >= 15 is 0 Å². The largest absolute Gasteiger partial charge is 0.496 e. The summed E-state index contributed by atoms with van der Waals surface area (Å²) in [6.07, 6.45) is 0. The van der Waals surface area contributed by atoms with Gasteiger partial charge in [0.25, 0.3) is 11.6 Å². The fourth-order valence-corrected chi connectivity index (χ4v) is 2.29. The number of non-ortho nitro benzene ring substituents is 1. The molecule has 0 spiro atoms. The number of benzene rings is 2. The fourth-order valence-electron chi connectivity index (χ4n) is 2.29. The summed E-state index contributed by atoms with van der Waals surface area (Å²) in [5.41, 5.74) is 3.93. The van der Waals surface area contributed by atoms with Crippen LogP contribution in [0, 0.1) is 16.0 Å². The quantitative estimate of drug-likeness (QED) is 0.495. The van der Waals surface area contributed by atoms with Crippen molar-refractivity contribution in [1.82, 2.24) is 5.43 Å². The Morgan fingerprint density at radius 1 is 1.20 bits per heavy atom. The third kappa shape index (κ3) is 4.41. The van der Waals surface area contributed by atoms with Gasteiger partial charge in [-0.15, -0.1) is 0 Å². The molecule has 0 saturated heterocycles. The Kier molecular flexibility index (Phi) is 5.84. The van der Waals surface area contributed by atoms with Crippen LogP contribution in [-0.4, -0.2) is 23.7 Å². The molecule has 130 valence electrons. The number of methoxy groups -OCH3 is 1. The summed E-state index contributed by atoms with van der Waals surface area (Å²) in [6.45, 7) is 3.93. The van der Waals surface area contributed by atoms with Crippen molar-refractivity contribution in [2.45, 2.75) is 13.8 Å². The van der Waals surface area contributed by atoms with Crippen molar-refractivity contribution in [1.29, 1.82) is 0 Å². The molecule has 0 fully saturated rings. The number of hydrazone groups is 1. The zero-order valence-corrected chi connectivity index (χ0v) is 14.2. The lowest BCUT2D eigenvalue weighted by molar-refractivity contribution is -0.384. The molecule has 0 atom stereocenters. The van der Waals surface area contributed by atoms with Gasteiger partial charge in [0.2, 0.25) is 0 Å². The number of amides is 1. The first-order valence-electron chi connectivity index (χ1n) is 7.69. The van der Waals surface area contributed by atoms with Gasteiger partial charge in [-0.25, -0.2) is 5.43 Å². The number of nitro benzene ring substituents is 1. The van der Waals surface area contributed by atoms with E-state index in [2.05, 4.69) is 10.5 Å². The minimum absolute atomic E-state index is 0.0524. The molecule has 2 aromatic carbocycles. The van der Waals surface area contributed by atoms with Gasteiger partial charge in [0.15, 0.2) is 0 Å². The van der Waals surface area contributed by atoms with Gasteiger partial charge in [0.05, 0.1) is 23.3 Å². The van der Waals surface area contributed by atoms with Crippen LogP contribution in [0.1, 0.15) is 29.8 Å². The van der Waals surface area contributed by atoms with Gasteiger partial charge < -0.3 is 4.74 Å². The molecule has 7 heteroatoms. The van der Waals surface area contributed by atoms with E-state index < -0.39 is 10.8 Å². The van der Waals surface area contributed by atoms with Gasteiger partial charge in [0.1, 0.15) is 5.75 Å². The molecule has 0 radical (unpaired) electrons. The molecule has 0 aliphatic carbocycles. The number of ether oxygens (including phenoxy) is 1. The molecule has 0 heterocycles. The molecule has 2 aromatic rings. The van der Waals surface area contributed by atoms with Crippen molar-refractivity contribution < 1.29 is 14.5 Å². The van der Waals surface area contributed by atoms with Gasteiger partial charge in [-0.2, -0.15) is 5.10 Å². The third-order valence-corrected chi connectivity index (χ3v) is 3.53. The number of hydrogen-bond acceptors (Lipinski definition) is 5. The molecular formula is C18H19N3O4. The number of carbonyl (C=O) groups is 1. The first-order chi connectivity index (χ1) is 11.9. The highest BCUT2D eigenvalue weighted by atomic mass is 16.6. The number of carbonyl (C=O) groups excluding carboxylic acids is 1. The lowest BCUT2D eigenvalue weighted by atomic mass is 10.0. The van der Waals surface area contributed by atoms with Crippen LogP contribution in [-0.2, 0) is 0 Å². The maximum Gasteiger partial charge on any atom is 0.275 e. The van der Waals surface area contributed by atoms with E-state index in [9.17, 15) is 14.9 Å². The van der Waals surface area contributed by atoms with Gasteiger partial charge >= 0.3 is 0 Å². The van der Waals surface area contributed by atoms with Gasteiger partial charge in [-0.1, -0.05) is 44.2 Å². The van der Waals surface area contributed by atoms with Crippen LogP contribution < -0.4 is 10.2 Å². The first kappa shape index (κ1) is 18.1. The second kappa shape index (κ2) is 8.05. The Bertz CT molecular complexity index is 801. The highest BCUT2D eigenvalue weighted by Gasteiger charge is 2.18. The van der Waals surface area contributed by atoms with Crippen LogP contribution in [0.25, 0.3) is 0 Å². The Morgan fingerprint density at radius 2 is 1.88 bits per heavy atom. The summed E-state index contributed by atoms with van der Waals surface area (Å²) in [7, 11) is 1.39. The van der Waals surface area contributed by atoms with Crippen LogP contribution in [0.2, 0.25) is 0 Å². The SMILES string of the molecule is COc1ccc([N+](=O)[O-])cc1C(=O)N/N=C(\c1ccccc1)C(C)C. The van der Waals surface area contributed by atoms with Gasteiger partial charge in [-0.05, 0) is 17.5 Å². The molecule has 1 N–H and O–H groups in total. The van der Waals surface area contributed by atoms with Crippen molar-refractivity contribution >= 4 is 17.3 Å². The van der Waals surface area contributed by atoms with E-state index in [0.717, 1.165) is 5.56 Å². The van der Waals surface area contributed by atoms with Crippen LogP contribution in [0.4, 0.5) is 5.69 Å². The van der Waals surface area contributed by atoms with Crippen molar-refractivity contribution in [2.75, 3.05) is 7.11 Å². The summed E-state index contributed by atoms with van der Waals surface area (Å²) in [5, 5.41) is 15.1. The Labute approximate surface area is 145 Å². The summed E-state index contributed by atoms with van der Waals surface area (Å²) in [5.74, 6) is -0.256. The molecule has 0 aromatic heterocycles. The summed E-state index contributed by atoms with van der Waals surface area (Å²) < 4.78 is 5.11. The van der Waals surface area contributed by atoms with E-state index in [0.29, 0.717) is 5.71 Å². The van der Waals surface area contributed by atoms with Crippen molar-refractivity contribution in [3.05, 3.63) is 69.8 Å². The molecule has 2 rings (SSSR count). The fraction of sp³-hybridized carbons (Fsp3) is 0.222. The number of nitrogens with zero attached hydrogens (tertiary/aromatic N) is 2. The highest BCUT2D eigenvalue weighted by molar-refractivity contribution is 6.03. The predicted molar refractivity (Wildman–Crippen MR) is 94.9 cm³/mol. The Balaban J connectivity index is 2.32. The lowest BCUT2D eigenvalue weighted by Gasteiger charge is -2.11. The topological polar surface area (TPSA) is 93.8 Å². The van der Waals surface area contributed by atoms with E-state index in [-0.39, 0.29) is 22.9 Å². The summed E-state index contributed by atoms with van der Waals surface area (Å²) >= 11 is 0. The monoisotopic (exact) mass is 341 g/mol. The molecule has 0 aliphatic heterocycles. The zero-order valence-electron chi connectivity index (χ0n) is 14.2. The van der Waals surface area contributed by atoms with E-state index in [4.69, 9.17) is 4.74 Å². The Morgan fingerprint density at radius 3 is 2.44 bits per heavy atom. The second-order valence-corrected chi connectivity index (χ2v) is 5.60. The average Bonchev–Trinajstić information content (AvgIpc) is 2.61. The number of nitrogens with one attached hydrogen (secondary N) is 1. The van der Waals surface area contributed by atoms with Crippen LogP contribution in [0.15, 0.2) is 53.6 Å². The lowest BCUT2D eigenvalue weighted by Crippen LogP contribution is -2.22. The molecule has 0 unspecified atom stereocenters. The van der Waals surface area contributed by atoms with Crippen molar-refractivity contribution in [3.63, 3.8) is 0 Å². The molecule has 7 nitrogen and oxygen atoms in total. The average molecular weight is 341 g/mol. The van der Waals surface area contributed by atoms with Gasteiger partial charge in [-0.3, -0.25) is 14.9 Å². The predicted octanol–water partition coefficient (Wildman–Crippen LogP) is 3.39. The second-order valence-electron chi connectivity index (χ2n) is 5.60. The number of nitro groups is 1. The van der Waals surface area contributed by atoms with Crippen molar-refractivity contribution in [3.8, 4) is 5.75 Å². The molecule has 0 bridgehead atoms. The molecule has 1 amide bonds. The Hall–Kier alpha value is -3.22. The summed E-state index contributed by atoms with van der Waals surface area (Å²) in [4.78, 5) is 22.8. The minimum atomic E-state index is -0.574. The van der Waals surface area contributed by atoms with Gasteiger partial charge in [0, 0.05) is 12.1 Å². The normalized spacial score (nSPS) is 11.3. The van der Waals surface area contributed by atoms with E-state index in [1.165, 1.54) is 25.3 Å². The molecule has 0 aliphatic rings. The minimum Gasteiger partial charge on any atom is -0.496 e. The third-order valence-electron chi connectivity index (χ3n) is 3.53. The first-order valence-corrected chi connectivity index (χ1v) is 7.69. The highest BCUT2D eigenvalue weighted by Crippen LogP contribution is 2.24. The maximum absolute atomic E-state index is 12.4. The number of hydrogen-bond donors (Lipinski definition) is 1. The molecule has 25 heavy (non-hydrogen) atoms. The number of rotatable bonds is 6. The maximum atomic E-state index is 12.4. The summed E-state index contributed by atoms with van der Waals surface area (Å²) in [6, 6.07) is 13.3. The van der Waals surface area contributed by atoms with Crippen LogP contribution in [0.5, 0.6) is 5.75 Å². The zero-order chi connectivity index (χ0) is 18.4. The van der Waals surface area contributed by atoms with Crippen molar-refractivity contribution in [2.24, 2.45) is 11.0 Å². The van der Waals surface area contributed by atoms with E-state index in [1.54, 1.807) is 0 Å². The molecular weight excluding hydrogens is 322 g/mol. The van der Waals surface area contributed by atoms with Crippen LogP contribution in [0.3, 0.4) is 0 Å².